The average molecular weight is 351 g/mol. The number of hydrogen-bond acceptors (Lipinski definition) is 5. The molecular weight excluding hydrogens is 326 g/mol. The van der Waals surface area contributed by atoms with Crippen molar-refractivity contribution >= 4 is 10.0 Å². The van der Waals surface area contributed by atoms with Crippen molar-refractivity contribution in [2.75, 3.05) is 26.2 Å². The van der Waals surface area contributed by atoms with Crippen LogP contribution in [0.2, 0.25) is 0 Å². The van der Waals surface area contributed by atoms with Crippen molar-refractivity contribution in [2.45, 2.75) is 50.1 Å². The third kappa shape index (κ3) is 3.22. The number of sulfonamides is 1. The van der Waals surface area contributed by atoms with E-state index in [1.165, 1.54) is 0 Å². The van der Waals surface area contributed by atoms with Crippen LogP contribution < -0.4 is 0 Å². The van der Waals surface area contributed by atoms with Gasteiger partial charge in [0.15, 0.2) is 0 Å². The van der Waals surface area contributed by atoms with Crippen LogP contribution in [0.3, 0.4) is 0 Å². The number of fused-ring (bicyclic) bond motifs is 1. The van der Waals surface area contributed by atoms with E-state index in [1.807, 2.05) is 25.1 Å². The zero-order chi connectivity index (χ0) is 16.7. The lowest BCUT2D eigenvalue weighted by molar-refractivity contribution is -0.0772. The number of aryl methyl sites for hydroxylation is 1. The largest absolute Gasteiger partial charge is 0.375 e. The molecule has 3 aliphatic rings. The molecule has 0 amide bonds. The molecule has 1 aromatic rings. The zero-order valence-corrected chi connectivity index (χ0v) is 14.9. The fraction of sp³-hybridized carbons (Fsp3) is 0.706. The van der Waals surface area contributed by atoms with Gasteiger partial charge in [-0.1, -0.05) is 6.07 Å². The van der Waals surface area contributed by atoms with Gasteiger partial charge in [0.1, 0.15) is 0 Å². The summed E-state index contributed by atoms with van der Waals surface area (Å²) in [6, 6.07) is 6.00. The Labute approximate surface area is 143 Å². The summed E-state index contributed by atoms with van der Waals surface area (Å²) in [5.41, 5.74) is 2.06. The van der Waals surface area contributed by atoms with Crippen LogP contribution in [0, 0.1) is 6.92 Å². The molecule has 2 atom stereocenters. The predicted octanol–water partition coefficient (Wildman–Crippen LogP) is 1.16. The van der Waals surface area contributed by atoms with Gasteiger partial charge in [-0.25, -0.2) is 8.42 Å². The van der Waals surface area contributed by atoms with Crippen molar-refractivity contribution in [1.82, 2.24) is 14.2 Å². The normalized spacial score (nSPS) is 29.4. The highest BCUT2D eigenvalue weighted by atomic mass is 32.2. The summed E-state index contributed by atoms with van der Waals surface area (Å²) >= 11 is 0. The van der Waals surface area contributed by atoms with Crippen molar-refractivity contribution in [2.24, 2.45) is 0 Å². The van der Waals surface area contributed by atoms with Gasteiger partial charge in [0.2, 0.25) is 10.0 Å². The van der Waals surface area contributed by atoms with Gasteiger partial charge in [-0.3, -0.25) is 9.88 Å². The molecular formula is C17H25N3O3S. The SMILES string of the molecule is Cc1cccc(CN2CC[C@@H]3OCCN(S(=O)(=O)C4CC4)[C@@H]3C2)n1. The molecule has 4 rings (SSSR count). The minimum Gasteiger partial charge on any atom is -0.375 e. The molecule has 1 aliphatic carbocycles. The molecule has 0 spiro atoms. The van der Waals surface area contributed by atoms with E-state index in [-0.39, 0.29) is 17.4 Å². The molecule has 0 unspecified atom stereocenters. The fourth-order valence-corrected chi connectivity index (χ4v) is 5.86. The van der Waals surface area contributed by atoms with E-state index in [0.29, 0.717) is 13.2 Å². The van der Waals surface area contributed by atoms with Crippen molar-refractivity contribution in [3.05, 3.63) is 29.6 Å². The van der Waals surface area contributed by atoms with E-state index in [1.54, 1.807) is 4.31 Å². The first-order valence-electron chi connectivity index (χ1n) is 8.81. The van der Waals surface area contributed by atoms with Crippen LogP contribution in [-0.4, -0.2) is 66.2 Å². The smallest absolute Gasteiger partial charge is 0.217 e. The number of nitrogens with zero attached hydrogens (tertiary/aromatic N) is 3. The number of piperidine rings is 1. The van der Waals surface area contributed by atoms with Crippen LogP contribution in [0.25, 0.3) is 0 Å². The standard InChI is InChI=1S/C17H25N3O3S/c1-13-3-2-4-14(18-13)11-19-8-7-17-16(12-19)20(9-10-23-17)24(21,22)15-5-6-15/h2-4,15-17H,5-12H2,1H3/t16-,17+/m1/s1. The minimum atomic E-state index is -3.15. The summed E-state index contributed by atoms with van der Waals surface area (Å²) in [6.45, 7) is 5.43. The highest BCUT2D eigenvalue weighted by Crippen LogP contribution is 2.35. The van der Waals surface area contributed by atoms with Crippen molar-refractivity contribution in [1.29, 1.82) is 0 Å². The van der Waals surface area contributed by atoms with Crippen LogP contribution in [0.5, 0.6) is 0 Å². The maximum absolute atomic E-state index is 12.8. The first-order valence-corrected chi connectivity index (χ1v) is 10.3. The van der Waals surface area contributed by atoms with Gasteiger partial charge in [0, 0.05) is 31.9 Å². The number of likely N-dealkylation sites (tertiary alicyclic amines) is 1. The molecule has 132 valence electrons. The van der Waals surface area contributed by atoms with Crippen LogP contribution in [-0.2, 0) is 21.3 Å². The van der Waals surface area contributed by atoms with Gasteiger partial charge in [-0.05, 0) is 38.3 Å². The summed E-state index contributed by atoms with van der Waals surface area (Å²) in [7, 11) is -3.15. The quantitative estimate of drug-likeness (QED) is 0.814. The molecule has 24 heavy (non-hydrogen) atoms. The topological polar surface area (TPSA) is 62.7 Å². The molecule has 0 bridgehead atoms. The van der Waals surface area contributed by atoms with E-state index >= 15 is 0 Å². The number of hydrogen-bond donors (Lipinski definition) is 0. The maximum Gasteiger partial charge on any atom is 0.217 e. The molecule has 3 heterocycles. The van der Waals surface area contributed by atoms with Gasteiger partial charge in [0.25, 0.3) is 0 Å². The van der Waals surface area contributed by atoms with E-state index in [4.69, 9.17) is 4.74 Å². The van der Waals surface area contributed by atoms with Crippen LogP contribution in [0.1, 0.15) is 30.7 Å². The lowest BCUT2D eigenvalue weighted by Gasteiger charge is -2.46. The second-order valence-corrected chi connectivity index (χ2v) is 9.29. The number of rotatable bonds is 4. The van der Waals surface area contributed by atoms with Gasteiger partial charge < -0.3 is 4.74 Å². The maximum atomic E-state index is 12.8. The summed E-state index contributed by atoms with van der Waals surface area (Å²) < 4.78 is 33.1. The molecule has 7 heteroatoms. The molecule has 0 aromatic carbocycles. The summed E-state index contributed by atoms with van der Waals surface area (Å²) in [5.74, 6) is 0. The second kappa shape index (κ2) is 6.37. The van der Waals surface area contributed by atoms with Gasteiger partial charge in [0.05, 0.1) is 29.7 Å². The van der Waals surface area contributed by atoms with E-state index in [9.17, 15) is 8.42 Å². The Morgan fingerprint density at radius 3 is 2.83 bits per heavy atom. The predicted molar refractivity (Wildman–Crippen MR) is 91.0 cm³/mol. The zero-order valence-electron chi connectivity index (χ0n) is 14.1. The Kier molecular flexibility index (Phi) is 4.36. The summed E-state index contributed by atoms with van der Waals surface area (Å²) in [4.78, 5) is 6.89. The monoisotopic (exact) mass is 351 g/mol. The lowest BCUT2D eigenvalue weighted by Crippen LogP contribution is -2.61. The molecule has 1 saturated carbocycles. The van der Waals surface area contributed by atoms with Crippen molar-refractivity contribution < 1.29 is 13.2 Å². The molecule has 1 aromatic heterocycles. The number of ether oxygens (including phenoxy) is 1. The molecule has 0 N–H and O–H groups in total. The Bertz CT molecular complexity index is 705. The van der Waals surface area contributed by atoms with Crippen molar-refractivity contribution in [3.8, 4) is 0 Å². The first-order chi connectivity index (χ1) is 11.5. The third-order valence-electron chi connectivity index (χ3n) is 5.22. The van der Waals surface area contributed by atoms with Gasteiger partial charge in [-0.2, -0.15) is 4.31 Å². The Morgan fingerprint density at radius 1 is 1.25 bits per heavy atom. The van der Waals surface area contributed by atoms with Gasteiger partial charge >= 0.3 is 0 Å². The van der Waals surface area contributed by atoms with E-state index in [0.717, 1.165) is 50.3 Å². The summed E-state index contributed by atoms with van der Waals surface area (Å²) in [5, 5.41) is -0.148. The lowest BCUT2D eigenvalue weighted by atomic mass is 10.0. The average Bonchev–Trinajstić information content (AvgIpc) is 3.39. The molecule has 2 aliphatic heterocycles. The van der Waals surface area contributed by atoms with Crippen LogP contribution in [0.4, 0.5) is 0 Å². The Morgan fingerprint density at radius 2 is 2.08 bits per heavy atom. The Hall–Kier alpha value is -1.02. The minimum absolute atomic E-state index is 0.0361. The molecule has 2 saturated heterocycles. The first kappa shape index (κ1) is 16.4. The molecule has 0 radical (unpaired) electrons. The highest BCUT2D eigenvalue weighted by Gasteiger charge is 2.47. The summed E-state index contributed by atoms with van der Waals surface area (Å²) in [6.07, 6.45) is 2.55. The number of pyridine rings is 1. The molecule has 6 nitrogen and oxygen atoms in total. The number of morpholine rings is 1. The van der Waals surface area contributed by atoms with E-state index in [2.05, 4.69) is 9.88 Å². The number of aromatic nitrogens is 1. The van der Waals surface area contributed by atoms with E-state index < -0.39 is 10.0 Å². The van der Waals surface area contributed by atoms with Crippen LogP contribution >= 0.6 is 0 Å². The highest BCUT2D eigenvalue weighted by molar-refractivity contribution is 7.90. The van der Waals surface area contributed by atoms with Crippen molar-refractivity contribution in [3.63, 3.8) is 0 Å². The van der Waals surface area contributed by atoms with Gasteiger partial charge in [-0.15, -0.1) is 0 Å². The fourth-order valence-electron chi connectivity index (χ4n) is 3.84. The van der Waals surface area contributed by atoms with Crippen LogP contribution in [0.15, 0.2) is 18.2 Å². The molecule has 3 fully saturated rings. The second-order valence-electron chi connectivity index (χ2n) is 7.13. The Balaban J connectivity index is 1.49. The third-order valence-corrected chi connectivity index (χ3v) is 7.64.